The number of nitrogens with zero attached hydrogens (tertiary/aromatic N) is 1. The van der Waals surface area contributed by atoms with E-state index >= 15 is 0 Å². The fourth-order valence-corrected chi connectivity index (χ4v) is 1.38. The van der Waals surface area contributed by atoms with Crippen LogP contribution in [0, 0.1) is 0 Å². The summed E-state index contributed by atoms with van der Waals surface area (Å²) in [5, 5.41) is 0. The number of carbonyl (C=O) groups excluding carboxylic acids is 1. The van der Waals surface area contributed by atoms with E-state index in [-0.39, 0.29) is 0 Å². The molecule has 88 valence electrons. The van der Waals surface area contributed by atoms with Crippen molar-refractivity contribution in [2.45, 2.75) is 0 Å². The van der Waals surface area contributed by atoms with Crippen molar-refractivity contribution in [1.29, 1.82) is 0 Å². The zero-order chi connectivity index (χ0) is 12.1. The van der Waals surface area contributed by atoms with Gasteiger partial charge in [0, 0.05) is 26.3 Å². The Hall–Kier alpha value is -1.75. The standard InChI is InChI=1S/C11H17N3O2/c1-14(5-6-16-2)10-7-8(11(13)15)3-4-9(10)12/h3-4,7H,5-6,12H2,1-2H3,(H2,13,15). The maximum Gasteiger partial charge on any atom is 0.248 e. The van der Waals surface area contributed by atoms with Gasteiger partial charge in [0.25, 0.3) is 0 Å². The highest BCUT2D eigenvalue weighted by Crippen LogP contribution is 2.23. The Balaban J connectivity index is 2.92. The smallest absolute Gasteiger partial charge is 0.248 e. The summed E-state index contributed by atoms with van der Waals surface area (Å²) in [6.07, 6.45) is 0. The molecule has 5 nitrogen and oxygen atoms in total. The minimum Gasteiger partial charge on any atom is -0.397 e. The van der Waals surface area contributed by atoms with E-state index in [1.165, 1.54) is 0 Å². The van der Waals surface area contributed by atoms with E-state index in [4.69, 9.17) is 16.2 Å². The highest BCUT2D eigenvalue weighted by Gasteiger charge is 2.08. The third-order valence-corrected chi connectivity index (χ3v) is 2.36. The first-order chi connectivity index (χ1) is 7.56. The van der Waals surface area contributed by atoms with Crippen LogP contribution in [0.25, 0.3) is 0 Å². The Labute approximate surface area is 95.0 Å². The van der Waals surface area contributed by atoms with Crippen LogP contribution in [0.5, 0.6) is 0 Å². The van der Waals surface area contributed by atoms with Gasteiger partial charge in [-0.3, -0.25) is 4.79 Å². The lowest BCUT2D eigenvalue weighted by Gasteiger charge is -2.21. The second-order valence-corrected chi connectivity index (χ2v) is 3.55. The number of hydrogen-bond acceptors (Lipinski definition) is 4. The third kappa shape index (κ3) is 2.87. The number of hydrogen-bond donors (Lipinski definition) is 2. The van der Waals surface area contributed by atoms with Crippen LogP contribution in [-0.4, -0.2) is 33.2 Å². The maximum atomic E-state index is 11.0. The number of amides is 1. The predicted molar refractivity (Wildman–Crippen MR) is 64.5 cm³/mol. The molecular weight excluding hydrogens is 206 g/mol. The van der Waals surface area contributed by atoms with Crippen molar-refractivity contribution in [1.82, 2.24) is 0 Å². The van der Waals surface area contributed by atoms with Gasteiger partial charge in [-0.2, -0.15) is 0 Å². The van der Waals surface area contributed by atoms with Gasteiger partial charge in [-0.1, -0.05) is 0 Å². The minimum absolute atomic E-state index is 0.452. The molecule has 0 radical (unpaired) electrons. The number of nitrogen functional groups attached to an aromatic ring is 1. The highest BCUT2D eigenvalue weighted by molar-refractivity contribution is 5.95. The lowest BCUT2D eigenvalue weighted by Crippen LogP contribution is -2.23. The van der Waals surface area contributed by atoms with Gasteiger partial charge < -0.3 is 21.1 Å². The summed E-state index contributed by atoms with van der Waals surface area (Å²) in [5.74, 6) is -0.457. The SMILES string of the molecule is COCCN(C)c1cc(C(N)=O)ccc1N. The largest absolute Gasteiger partial charge is 0.397 e. The van der Waals surface area contributed by atoms with Crippen molar-refractivity contribution in [3.63, 3.8) is 0 Å². The van der Waals surface area contributed by atoms with E-state index in [0.717, 1.165) is 5.69 Å². The molecule has 16 heavy (non-hydrogen) atoms. The van der Waals surface area contributed by atoms with Gasteiger partial charge in [0.05, 0.1) is 18.0 Å². The predicted octanol–water partition coefficient (Wildman–Crippen LogP) is 0.450. The molecule has 0 spiro atoms. The number of methoxy groups -OCH3 is 1. The summed E-state index contributed by atoms with van der Waals surface area (Å²) in [4.78, 5) is 13.0. The first-order valence-corrected chi connectivity index (χ1v) is 4.95. The molecule has 0 bridgehead atoms. The van der Waals surface area contributed by atoms with Crippen molar-refractivity contribution in [2.75, 3.05) is 37.9 Å². The Morgan fingerprint density at radius 2 is 2.19 bits per heavy atom. The van der Waals surface area contributed by atoms with Crippen LogP contribution in [0.3, 0.4) is 0 Å². The number of primary amides is 1. The molecule has 1 aromatic carbocycles. The van der Waals surface area contributed by atoms with Gasteiger partial charge in [-0.15, -0.1) is 0 Å². The van der Waals surface area contributed by atoms with Gasteiger partial charge >= 0.3 is 0 Å². The topological polar surface area (TPSA) is 81.6 Å². The zero-order valence-electron chi connectivity index (χ0n) is 9.56. The normalized spacial score (nSPS) is 10.1. The summed E-state index contributed by atoms with van der Waals surface area (Å²) in [7, 11) is 3.52. The van der Waals surface area contributed by atoms with Gasteiger partial charge in [0.1, 0.15) is 0 Å². The second kappa shape index (κ2) is 5.37. The van der Waals surface area contributed by atoms with Gasteiger partial charge in [-0.25, -0.2) is 0 Å². The van der Waals surface area contributed by atoms with E-state index < -0.39 is 5.91 Å². The van der Waals surface area contributed by atoms with E-state index in [1.54, 1.807) is 25.3 Å². The first-order valence-electron chi connectivity index (χ1n) is 4.95. The van der Waals surface area contributed by atoms with Crippen LogP contribution in [-0.2, 0) is 4.74 Å². The van der Waals surface area contributed by atoms with Crippen molar-refractivity contribution in [2.24, 2.45) is 5.73 Å². The highest BCUT2D eigenvalue weighted by atomic mass is 16.5. The second-order valence-electron chi connectivity index (χ2n) is 3.55. The molecule has 0 unspecified atom stereocenters. The van der Waals surface area contributed by atoms with E-state index in [2.05, 4.69) is 0 Å². The van der Waals surface area contributed by atoms with Gasteiger partial charge in [-0.05, 0) is 18.2 Å². The number of rotatable bonds is 5. The molecule has 1 aromatic rings. The summed E-state index contributed by atoms with van der Waals surface area (Å²) >= 11 is 0. The molecule has 0 saturated heterocycles. The Morgan fingerprint density at radius 3 is 2.75 bits per heavy atom. The van der Waals surface area contributed by atoms with Crippen LogP contribution in [0.4, 0.5) is 11.4 Å². The monoisotopic (exact) mass is 223 g/mol. The van der Waals surface area contributed by atoms with Crippen molar-refractivity contribution in [3.05, 3.63) is 23.8 Å². The number of anilines is 2. The van der Waals surface area contributed by atoms with Crippen LogP contribution >= 0.6 is 0 Å². The molecule has 1 amide bonds. The average Bonchev–Trinajstić information content (AvgIpc) is 2.26. The molecule has 0 aliphatic carbocycles. The van der Waals surface area contributed by atoms with Gasteiger partial charge in [0.15, 0.2) is 0 Å². The lowest BCUT2D eigenvalue weighted by molar-refractivity contribution is 0.100. The zero-order valence-corrected chi connectivity index (χ0v) is 9.56. The quantitative estimate of drug-likeness (QED) is 0.710. The van der Waals surface area contributed by atoms with Crippen molar-refractivity contribution >= 4 is 17.3 Å². The first kappa shape index (κ1) is 12.3. The summed E-state index contributed by atoms with van der Waals surface area (Å²) in [5.41, 5.74) is 12.9. The third-order valence-electron chi connectivity index (χ3n) is 2.36. The van der Waals surface area contributed by atoms with Crippen LogP contribution in [0.2, 0.25) is 0 Å². The molecule has 0 aromatic heterocycles. The fraction of sp³-hybridized carbons (Fsp3) is 0.364. The molecule has 0 aliphatic heterocycles. The van der Waals surface area contributed by atoms with Crippen LogP contribution in [0.1, 0.15) is 10.4 Å². The molecule has 0 fully saturated rings. The summed E-state index contributed by atoms with van der Waals surface area (Å²) in [6.45, 7) is 1.29. The Morgan fingerprint density at radius 1 is 1.50 bits per heavy atom. The molecule has 5 heteroatoms. The van der Waals surface area contributed by atoms with Crippen LogP contribution in [0.15, 0.2) is 18.2 Å². The van der Waals surface area contributed by atoms with Crippen molar-refractivity contribution < 1.29 is 9.53 Å². The van der Waals surface area contributed by atoms with Crippen molar-refractivity contribution in [3.8, 4) is 0 Å². The molecule has 0 atom stereocenters. The molecular formula is C11H17N3O2. The number of likely N-dealkylation sites (N-methyl/N-ethyl adjacent to an activating group) is 1. The molecule has 0 aliphatic rings. The molecule has 0 heterocycles. The number of nitrogens with two attached hydrogens (primary N) is 2. The number of ether oxygens (including phenoxy) is 1. The minimum atomic E-state index is -0.457. The Bertz CT molecular complexity index is 379. The van der Waals surface area contributed by atoms with Crippen LogP contribution < -0.4 is 16.4 Å². The average molecular weight is 223 g/mol. The van der Waals surface area contributed by atoms with E-state index in [9.17, 15) is 4.79 Å². The molecule has 4 N–H and O–H groups in total. The van der Waals surface area contributed by atoms with Gasteiger partial charge in [0.2, 0.25) is 5.91 Å². The summed E-state index contributed by atoms with van der Waals surface area (Å²) < 4.78 is 4.98. The number of benzene rings is 1. The number of carbonyl (C=O) groups is 1. The Kier molecular flexibility index (Phi) is 4.13. The fourth-order valence-electron chi connectivity index (χ4n) is 1.38. The van der Waals surface area contributed by atoms with E-state index in [0.29, 0.717) is 24.4 Å². The summed E-state index contributed by atoms with van der Waals surface area (Å²) in [6, 6.07) is 4.98. The lowest BCUT2D eigenvalue weighted by atomic mass is 10.1. The molecule has 0 saturated carbocycles. The molecule has 1 rings (SSSR count). The van der Waals surface area contributed by atoms with E-state index in [1.807, 2.05) is 11.9 Å². The maximum absolute atomic E-state index is 11.0.